The third kappa shape index (κ3) is 6.76. The zero-order valence-corrected chi connectivity index (χ0v) is 20.9. The van der Waals surface area contributed by atoms with Crippen molar-refractivity contribution >= 4 is 23.7 Å². The Labute approximate surface area is 234 Å². The molecule has 0 aliphatic rings. The lowest BCUT2D eigenvalue weighted by atomic mass is 9.97. The van der Waals surface area contributed by atoms with E-state index in [2.05, 4.69) is 4.74 Å². The van der Waals surface area contributed by atoms with Crippen LogP contribution in [0, 0.1) is 0 Å². The maximum absolute atomic E-state index is 12.3. The van der Waals surface area contributed by atoms with Gasteiger partial charge < -0.3 is 50.7 Å². The molecule has 42 heavy (non-hydrogen) atoms. The van der Waals surface area contributed by atoms with E-state index in [4.69, 9.17) is 15.3 Å². The van der Waals surface area contributed by atoms with Gasteiger partial charge in [0, 0.05) is 23.3 Å². The first kappa shape index (κ1) is 30.1. The number of phenols is 8. The van der Waals surface area contributed by atoms with Crippen molar-refractivity contribution in [3.63, 3.8) is 0 Å². The van der Waals surface area contributed by atoms with E-state index in [1.807, 2.05) is 0 Å². The average Bonchev–Trinajstić information content (AvgIpc) is 2.90. The molecule has 0 amide bonds. The number of esters is 2. The fourth-order valence-corrected chi connectivity index (χ4v) is 3.38. The number of aromatic carboxylic acids is 1. The molecule has 4 rings (SSSR count). The van der Waals surface area contributed by atoms with Crippen LogP contribution in [0.2, 0.25) is 0 Å². The van der Waals surface area contributed by atoms with Gasteiger partial charge in [-0.05, 0) is 54.6 Å². The number of benzene rings is 4. The van der Waals surface area contributed by atoms with Crippen molar-refractivity contribution in [1.29, 1.82) is 0 Å². The molecule has 0 aliphatic carbocycles. The molecule has 0 heterocycles. The highest BCUT2D eigenvalue weighted by molar-refractivity contribution is 6.15. The van der Waals surface area contributed by atoms with Gasteiger partial charge in [-0.25, -0.2) is 14.4 Å². The number of aromatic hydroxyl groups is 8. The number of carbonyl (C=O) groups is 4. The van der Waals surface area contributed by atoms with E-state index < -0.39 is 75.1 Å². The minimum atomic E-state index is -1.54. The molecule has 0 fully saturated rings. The molecule has 14 nitrogen and oxygen atoms in total. The monoisotopic (exact) mass is 580 g/mol. The summed E-state index contributed by atoms with van der Waals surface area (Å²) in [7, 11) is 0. The van der Waals surface area contributed by atoms with Gasteiger partial charge in [0.05, 0.1) is 5.56 Å². The zero-order valence-electron chi connectivity index (χ0n) is 20.9. The highest BCUT2D eigenvalue weighted by Gasteiger charge is 2.24. The van der Waals surface area contributed by atoms with E-state index in [0.717, 1.165) is 60.7 Å². The van der Waals surface area contributed by atoms with Crippen LogP contribution in [-0.4, -0.2) is 69.6 Å². The SMILES string of the molecule is O=C(OC(=O)c1ccc(O)cc1O)c1ccc(O)c(O)c1.O=C(c1ccc(O)c(O)c1)c1cc(O)cc(O)c1C(=O)O. The van der Waals surface area contributed by atoms with Crippen molar-refractivity contribution in [2.24, 2.45) is 0 Å². The lowest BCUT2D eigenvalue weighted by Crippen LogP contribution is -2.12. The Bertz CT molecular complexity index is 1720. The molecule has 0 aliphatic heterocycles. The fraction of sp³-hybridized carbons (Fsp3) is 0. The lowest BCUT2D eigenvalue weighted by Gasteiger charge is -2.09. The molecule has 0 atom stereocenters. The number of carboxylic acid groups (broad SMARTS) is 1. The number of hydrogen-bond donors (Lipinski definition) is 9. The molecule has 14 heteroatoms. The smallest absolute Gasteiger partial charge is 0.349 e. The minimum absolute atomic E-state index is 0.113. The number of carboxylic acids is 1. The number of phenolic OH excluding ortho intramolecular Hbond substituents is 7. The third-order valence-corrected chi connectivity index (χ3v) is 5.40. The van der Waals surface area contributed by atoms with E-state index in [1.54, 1.807) is 0 Å². The number of ether oxygens (including phenoxy) is 1. The summed E-state index contributed by atoms with van der Waals surface area (Å²) in [6.07, 6.45) is 0. The predicted molar refractivity (Wildman–Crippen MR) is 139 cm³/mol. The Morgan fingerprint density at radius 1 is 0.476 bits per heavy atom. The highest BCUT2D eigenvalue weighted by Crippen LogP contribution is 2.31. The van der Waals surface area contributed by atoms with Crippen molar-refractivity contribution in [3.05, 3.63) is 94.5 Å². The highest BCUT2D eigenvalue weighted by atomic mass is 16.6. The van der Waals surface area contributed by atoms with Crippen molar-refractivity contribution in [2.75, 3.05) is 0 Å². The maximum Gasteiger partial charge on any atom is 0.349 e. The molecular weight excluding hydrogens is 560 g/mol. The van der Waals surface area contributed by atoms with Crippen LogP contribution in [0.25, 0.3) is 0 Å². The lowest BCUT2D eigenvalue weighted by molar-refractivity contribution is 0.0395. The van der Waals surface area contributed by atoms with Gasteiger partial charge in [0.1, 0.15) is 34.1 Å². The molecule has 0 spiro atoms. The first-order valence-corrected chi connectivity index (χ1v) is 11.4. The molecule has 216 valence electrons. The summed E-state index contributed by atoms with van der Waals surface area (Å²) in [5.41, 5.74) is -1.67. The second-order valence-electron chi connectivity index (χ2n) is 8.31. The summed E-state index contributed by atoms with van der Waals surface area (Å²) >= 11 is 0. The second-order valence-corrected chi connectivity index (χ2v) is 8.31. The van der Waals surface area contributed by atoms with Gasteiger partial charge in [-0.3, -0.25) is 4.79 Å². The molecule has 0 saturated carbocycles. The average molecular weight is 580 g/mol. The summed E-state index contributed by atoms with van der Waals surface area (Å²) in [6.45, 7) is 0. The van der Waals surface area contributed by atoms with Crippen LogP contribution in [0.5, 0.6) is 46.0 Å². The van der Waals surface area contributed by atoms with Crippen LogP contribution in [0.15, 0.2) is 66.7 Å². The molecule has 4 aromatic carbocycles. The van der Waals surface area contributed by atoms with Gasteiger partial charge in [0.15, 0.2) is 28.8 Å². The van der Waals surface area contributed by atoms with E-state index in [0.29, 0.717) is 0 Å². The van der Waals surface area contributed by atoms with Gasteiger partial charge in [-0.1, -0.05) is 0 Å². The first-order chi connectivity index (χ1) is 19.7. The number of rotatable bonds is 5. The quantitative estimate of drug-likeness (QED) is 0.0711. The van der Waals surface area contributed by atoms with Gasteiger partial charge >= 0.3 is 17.9 Å². The molecular formula is C28H20O14. The minimum Gasteiger partial charge on any atom is -0.508 e. The molecule has 0 saturated heterocycles. The zero-order chi connectivity index (χ0) is 31.3. The number of carbonyl (C=O) groups excluding carboxylic acids is 3. The Morgan fingerprint density at radius 2 is 1.02 bits per heavy atom. The van der Waals surface area contributed by atoms with Crippen LogP contribution < -0.4 is 0 Å². The molecule has 0 radical (unpaired) electrons. The van der Waals surface area contributed by atoms with E-state index in [9.17, 15) is 49.8 Å². The van der Waals surface area contributed by atoms with Crippen LogP contribution in [0.4, 0.5) is 0 Å². The Kier molecular flexibility index (Phi) is 8.72. The standard InChI is InChI=1S/2C14H10O7/c15-8-2-3-9(11(17)6-8)14(20)21-13(19)7-1-4-10(16)12(18)5-7;15-7-4-8(12(14(20)21)11(18)5-7)13(19)6-1-2-9(16)10(17)3-6/h1-6,15-18H;1-5,15-18H,(H,20,21). The summed E-state index contributed by atoms with van der Waals surface area (Å²) in [4.78, 5) is 46.8. The molecule has 0 unspecified atom stereocenters. The predicted octanol–water partition coefficient (Wildman–Crippen LogP) is 2.94. The number of hydrogen-bond acceptors (Lipinski definition) is 13. The van der Waals surface area contributed by atoms with Crippen molar-refractivity contribution in [2.45, 2.75) is 0 Å². The third-order valence-electron chi connectivity index (χ3n) is 5.40. The Hall–Kier alpha value is -6.44. The van der Waals surface area contributed by atoms with Crippen molar-refractivity contribution in [1.82, 2.24) is 0 Å². The summed E-state index contributed by atoms with van der Waals surface area (Å²) in [5, 5.41) is 83.5. The molecule has 0 bridgehead atoms. The summed E-state index contributed by atoms with van der Waals surface area (Å²) in [6, 6.07) is 11.2. The molecule has 9 N–H and O–H groups in total. The van der Waals surface area contributed by atoms with Crippen LogP contribution >= 0.6 is 0 Å². The topological polar surface area (TPSA) is 260 Å². The van der Waals surface area contributed by atoms with Gasteiger partial charge in [-0.15, -0.1) is 0 Å². The van der Waals surface area contributed by atoms with Crippen LogP contribution in [0.1, 0.15) is 47.0 Å². The largest absolute Gasteiger partial charge is 0.508 e. The van der Waals surface area contributed by atoms with Crippen molar-refractivity contribution < 1.29 is 69.9 Å². The summed E-state index contributed by atoms with van der Waals surface area (Å²) < 4.78 is 4.53. The maximum atomic E-state index is 12.3. The number of ketones is 1. The van der Waals surface area contributed by atoms with E-state index >= 15 is 0 Å². The van der Waals surface area contributed by atoms with Gasteiger partial charge in [0.2, 0.25) is 0 Å². The van der Waals surface area contributed by atoms with Gasteiger partial charge in [0.25, 0.3) is 0 Å². The van der Waals surface area contributed by atoms with Crippen molar-refractivity contribution in [3.8, 4) is 46.0 Å². The normalized spacial score (nSPS) is 10.2. The van der Waals surface area contributed by atoms with E-state index in [1.165, 1.54) is 6.07 Å². The fourth-order valence-electron chi connectivity index (χ4n) is 3.38. The summed E-state index contributed by atoms with van der Waals surface area (Å²) in [5.74, 6) is -8.55. The molecule has 4 aromatic rings. The second kappa shape index (κ2) is 12.2. The molecule has 0 aromatic heterocycles. The Morgan fingerprint density at radius 3 is 1.57 bits per heavy atom. The first-order valence-electron chi connectivity index (χ1n) is 11.4. The Balaban J connectivity index is 0.000000230. The van der Waals surface area contributed by atoms with Gasteiger partial charge in [-0.2, -0.15) is 0 Å². The van der Waals surface area contributed by atoms with Crippen LogP contribution in [-0.2, 0) is 4.74 Å². The van der Waals surface area contributed by atoms with Crippen LogP contribution in [0.3, 0.4) is 0 Å². The van der Waals surface area contributed by atoms with E-state index in [-0.39, 0.29) is 22.4 Å².